The average Bonchev–Trinajstić information content (AvgIpc) is 2.90. The minimum absolute atomic E-state index is 0.212. The lowest BCUT2D eigenvalue weighted by Gasteiger charge is -2.38. The Hall–Kier alpha value is -1.43. The maximum atomic E-state index is 5.98. The van der Waals surface area contributed by atoms with Crippen molar-refractivity contribution in [2.24, 2.45) is 5.41 Å². The van der Waals surface area contributed by atoms with Crippen molar-refractivity contribution in [1.82, 2.24) is 20.2 Å². The molecule has 1 fully saturated rings. The van der Waals surface area contributed by atoms with Crippen molar-refractivity contribution < 1.29 is 0 Å². The molecule has 0 aliphatic heterocycles. The van der Waals surface area contributed by atoms with Crippen molar-refractivity contribution in [3.8, 4) is 11.4 Å². The Morgan fingerprint density at radius 1 is 1.33 bits per heavy atom. The molecule has 0 saturated heterocycles. The van der Waals surface area contributed by atoms with E-state index in [-0.39, 0.29) is 5.41 Å². The van der Waals surface area contributed by atoms with E-state index in [2.05, 4.69) is 45.3 Å². The summed E-state index contributed by atoms with van der Waals surface area (Å²) in [6, 6.07) is 6.19. The first-order valence-corrected chi connectivity index (χ1v) is 8.11. The van der Waals surface area contributed by atoms with Crippen LogP contribution in [0.5, 0.6) is 0 Å². The van der Waals surface area contributed by atoms with E-state index >= 15 is 0 Å². The van der Waals surface area contributed by atoms with Crippen LogP contribution < -0.4 is 5.73 Å². The van der Waals surface area contributed by atoms with Crippen molar-refractivity contribution in [2.45, 2.75) is 45.6 Å². The van der Waals surface area contributed by atoms with Gasteiger partial charge in [0.25, 0.3) is 0 Å². The molecular weight excluding hydrogens is 330 g/mol. The van der Waals surface area contributed by atoms with Crippen molar-refractivity contribution in [3.63, 3.8) is 0 Å². The molecule has 6 heteroatoms. The number of benzene rings is 1. The smallest absolute Gasteiger partial charge is 0.182 e. The molecule has 112 valence electrons. The fraction of sp³-hybridized carbons (Fsp3) is 0.533. The highest BCUT2D eigenvalue weighted by atomic mass is 79.9. The summed E-state index contributed by atoms with van der Waals surface area (Å²) in [5.41, 5.74) is 7.85. The average molecular weight is 350 g/mol. The molecule has 1 aromatic heterocycles. The number of hydrogen-bond donors (Lipinski definition) is 1. The molecule has 1 aliphatic rings. The quantitative estimate of drug-likeness (QED) is 0.836. The zero-order valence-corrected chi connectivity index (χ0v) is 14.0. The second kappa shape index (κ2) is 5.40. The van der Waals surface area contributed by atoms with Gasteiger partial charge < -0.3 is 5.73 Å². The van der Waals surface area contributed by atoms with Crippen molar-refractivity contribution >= 4 is 21.6 Å². The number of nitrogens with two attached hydrogens (primary N) is 1. The Balaban J connectivity index is 2.02. The van der Waals surface area contributed by atoms with Crippen LogP contribution in [0.4, 0.5) is 5.69 Å². The van der Waals surface area contributed by atoms with Gasteiger partial charge in [0.2, 0.25) is 0 Å². The molecule has 1 atom stereocenters. The van der Waals surface area contributed by atoms with E-state index in [4.69, 9.17) is 5.73 Å². The third kappa shape index (κ3) is 2.69. The second-order valence-corrected chi connectivity index (χ2v) is 7.29. The summed E-state index contributed by atoms with van der Waals surface area (Å²) in [6.07, 6.45) is 4.85. The molecule has 1 aromatic carbocycles. The van der Waals surface area contributed by atoms with Crippen LogP contribution in [-0.2, 0) is 0 Å². The molecule has 2 N–H and O–H groups in total. The third-order valence-corrected chi connectivity index (χ3v) is 5.22. The number of tetrazole rings is 1. The normalized spacial score (nSPS) is 21.4. The molecule has 0 amide bonds. The van der Waals surface area contributed by atoms with Crippen LogP contribution in [-0.4, -0.2) is 20.2 Å². The zero-order valence-electron chi connectivity index (χ0n) is 12.4. The van der Waals surface area contributed by atoms with E-state index in [1.54, 1.807) is 0 Å². The number of anilines is 1. The number of hydrogen-bond acceptors (Lipinski definition) is 4. The van der Waals surface area contributed by atoms with Crippen LogP contribution in [0.25, 0.3) is 11.4 Å². The van der Waals surface area contributed by atoms with Gasteiger partial charge in [0.15, 0.2) is 5.82 Å². The van der Waals surface area contributed by atoms with Gasteiger partial charge in [-0.25, -0.2) is 4.68 Å². The van der Waals surface area contributed by atoms with Crippen LogP contribution in [0.1, 0.15) is 45.6 Å². The van der Waals surface area contributed by atoms with E-state index in [1.807, 2.05) is 22.9 Å². The standard InChI is InChI=1S/C15H20BrN5/c1-15(2)8-4-3-5-13(15)21-14(18-19-20-21)10-6-7-11(16)12(17)9-10/h6-7,9,13H,3-5,8,17H2,1-2H3. The van der Waals surface area contributed by atoms with Crippen molar-refractivity contribution in [2.75, 3.05) is 5.73 Å². The SMILES string of the molecule is CC1(C)CCCCC1n1nnnc1-c1ccc(Br)c(N)c1. The summed E-state index contributed by atoms with van der Waals surface area (Å²) in [5.74, 6) is 0.800. The Kier molecular flexibility index (Phi) is 3.73. The van der Waals surface area contributed by atoms with Crippen molar-refractivity contribution in [3.05, 3.63) is 22.7 Å². The van der Waals surface area contributed by atoms with Gasteiger partial charge in [-0.1, -0.05) is 26.7 Å². The fourth-order valence-electron chi connectivity index (χ4n) is 3.21. The van der Waals surface area contributed by atoms with Crippen LogP contribution >= 0.6 is 15.9 Å². The number of rotatable bonds is 2. The number of halogens is 1. The number of nitrogen functional groups attached to an aromatic ring is 1. The Labute approximate surface area is 133 Å². The summed E-state index contributed by atoms with van der Waals surface area (Å²) in [5, 5.41) is 12.4. The predicted octanol–water partition coefficient (Wildman–Crippen LogP) is 3.83. The predicted molar refractivity (Wildman–Crippen MR) is 86.7 cm³/mol. The van der Waals surface area contributed by atoms with Gasteiger partial charge in [-0.3, -0.25) is 0 Å². The highest BCUT2D eigenvalue weighted by molar-refractivity contribution is 9.10. The van der Waals surface area contributed by atoms with Gasteiger partial charge in [0.05, 0.1) is 6.04 Å². The largest absolute Gasteiger partial charge is 0.398 e. The van der Waals surface area contributed by atoms with Crippen LogP contribution in [0.15, 0.2) is 22.7 Å². The van der Waals surface area contributed by atoms with E-state index < -0.39 is 0 Å². The van der Waals surface area contributed by atoms with Gasteiger partial charge >= 0.3 is 0 Å². The fourth-order valence-corrected chi connectivity index (χ4v) is 3.45. The van der Waals surface area contributed by atoms with Crippen LogP contribution in [0.2, 0.25) is 0 Å². The molecule has 2 aromatic rings. The highest BCUT2D eigenvalue weighted by Crippen LogP contribution is 2.44. The van der Waals surface area contributed by atoms with Gasteiger partial charge in [-0.2, -0.15) is 0 Å². The van der Waals surface area contributed by atoms with Crippen LogP contribution in [0.3, 0.4) is 0 Å². The first-order valence-electron chi connectivity index (χ1n) is 7.32. The highest BCUT2D eigenvalue weighted by Gasteiger charge is 2.35. The van der Waals surface area contributed by atoms with Crippen molar-refractivity contribution in [1.29, 1.82) is 0 Å². The molecule has 3 rings (SSSR count). The monoisotopic (exact) mass is 349 g/mol. The first kappa shape index (κ1) is 14.5. The first-order chi connectivity index (χ1) is 9.99. The summed E-state index contributed by atoms with van der Waals surface area (Å²) < 4.78 is 2.88. The molecule has 0 radical (unpaired) electrons. The maximum Gasteiger partial charge on any atom is 0.182 e. The topological polar surface area (TPSA) is 69.6 Å². The molecule has 1 saturated carbocycles. The lowest BCUT2D eigenvalue weighted by atomic mass is 9.73. The molecule has 0 spiro atoms. The zero-order chi connectivity index (χ0) is 15.0. The van der Waals surface area contributed by atoms with Gasteiger partial charge in [-0.15, -0.1) is 5.10 Å². The summed E-state index contributed by atoms with van der Waals surface area (Å²) in [4.78, 5) is 0. The Morgan fingerprint density at radius 3 is 2.86 bits per heavy atom. The van der Waals surface area contributed by atoms with E-state index in [1.165, 1.54) is 19.3 Å². The minimum atomic E-state index is 0.212. The lowest BCUT2D eigenvalue weighted by molar-refractivity contribution is 0.132. The molecule has 1 aliphatic carbocycles. The third-order valence-electron chi connectivity index (χ3n) is 4.49. The second-order valence-electron chi connectivity index (χ2n) is 6.43. The number of nitrogens with zero attached hydrogens (tertiary/aromatic N) is 4. The Bertz CT molecular complexity index is 649. The molecule has 21 heavy (non-hydrogen) atoms. The lowest BCUT2D eigenvalue weighted by Crippen LogP contribution is -2.31. The summed E-state index contributed by atoms with van der Waals surface area (Å²) >= 11 is 3.42. The molecular formula is C15H20BrN5. The van der Waals surface area contributed by atoms with E-state index in [0.29, 0.717) is 11.7 Å². The summed E-state index contributed by atoms with van der Waals surface area (Å²) in [6.45, 7) is 4.61. The molecule has 5 nitrogen and oxygen atoms in total. The minimum Gasteiger partial charge on any atom is -0.398 e. The van der Waals surface area contributed by atoms with Gasteiger partial charge in [0.1, 0.15) is 0 Å². The summed E-state index contributed by atoms with van der Waals surface area (Å²) in [7, 11) is 0. The van der Waals surface area contributed by atoms with Gasteiger partial charge in [0, 0.05) is 15.7 Å². The van der Waals surface area contributed by atoms with Gasteiger partial charge in [-0.05, 0) is 62.8 Å². The van der Waals surface area contributed by atoms with E-state index in [0.717, 1.165) is 22.3 Å². The Morgan fingerprint density at radius 2 is 2.14 bits per heavy atom. The number of aromatic nitrogens is 4. The maximum absolute atomic E-state index is 5.98. The molecule has 1 unspecified atom stereocenters. The molecule has 0 bridgehead atoms. The van der Waals surface area contributed by atoms with Crippen LogP contribution in [0, 0.1) is 5.41 Å². The molecule has 1 heterocycles. The van der Waals surface area contributed by atoms with E-state index in [9.17, 15) is 0 Å².